The fourth-order valence-corrected chi connectivity index (χ4v) is 3.62. The minimum Gasteiger partial charge on any atom is -0.342 e. The largest absolute Gasteiger partial charge is 0.342 e. The van der Waals surface area contributed by atoms with E-state index in [0.717, 1.165) is 5.82 Å². The topological polar surface area (TPSA) is 75.9 Å². The molecule has 1 N–H and O–H groups in total. The molecule has 156 valence electrons. The van der Waals surface area contributed by atoms with E-state index in [4.69, 9.17) is 0 Å². The molecule has 1 aromatic carbocycles. The number of nitrogens with zero attached hydrogens (tertiary/aromatic N) is 5. The molecule has 0 saturated heterocycles. The number of rotatable bonds is 5. The van der Waals surface area contributed by atoms with Gasteiger partial charge in [-0.15, -0.1) is 10.2 Å². The number of carbonyl (C=O) groups is 1. The lowest BCUT2D eigenvalue weighted by Crippen LogP contribution is -2.30. The summed E-state index contributed by atoms with van der Waals surface area (Å²) in [6, 6.07) is 6.96. The van der Waals surface area contributed by atoms with Gasteiger partial charge in [-0.3, -0.25) is 14.7 Å². The molecule has 3 heterocycles. The maximum atomic E-state index is 14.0. The summed E-state index contributed by atoms with van der Waals surface area (Å²) in [5.74, 6) is 0.139. The van der Waals surface area contributed by atoms with E-state index in [-0.39, 0.29) is 24.1 Å². The summed E-state index contributed by atoms with van der Waals surface area (Å²) in [6.07, 6.45) is 3.72. The molecule has 9 heteroatoms. The highest BCUT2D eigenvalue weighted by Crippen LogP contribution is 2.19. The summed E-state index contributed by atoms with van der Waals surface area (Å²) in [4.78, 5) is 18.4. The van der Waals surface area contributed by atoms with E-state index in [1.165, 1.54) is 24.4 Å². The van der Waals surface area contributed by atoms with Crippen molar-refractivity contribution in [3.05, 3.63) is 77.1 Å². The van der Waals surface area contributed by atoms with E-state index in [1.54, 1.807) is 18.3 Å². The summed E-state index contributed by atoms with van der Waals surface area (Å²) in [5, 5.41) is 11.5. The Labute approximate surface area is 172 Å². The van der Waals surface area contributed by atoms with Crippen LogP contribution in [0.2, 0.25) is 0 Å². The molecule has 1 aliphatic heterocycles. The van der Waals surface area contributed by atoms with E-state index >= 15 is 0 Å². The number of aromatic nitrogens is 4. The third kappa shape index (κ3) is 4.20. The van der Waals surface area contributed by atoms with Crippen LogP contribution in [0.3, 0.4) is 0 Å². The number of nitrogens with one attached hydrogen (secondary N) is 1. The summed E-state index contributed by atoms with van der Waals surface area (Å²) in [5.41, 5.74) is 0.547. The van der Waals surface area contributed by atoms with Crippen molar-refractivity contribution in [3.8, 4) is 0 Å². The lowest BCUT2D eigenvalue weighted by atomic mass is 10.2. The normalized spacial score (nSPS) is 15.3. The van der Waals surface area contributed by atoms with Crippen molar-refractivity contribution in [2.75, 3.05) is 13.1 Å². The zero-order chi connectivity index (χ0) is 21.1. The average molecular weight is 412 g/mol. The Morgan fingerprint density at radius 2 is 1.93 bits per heavy atom. The van der Waals surface area contributed by atoms with Crippen LogP contribution in [0.4, 0.5) is 8.78 Å². The highest BCUT2D eigenvalue weighted by atomic mass is 19.1. The molecule has 0 bridgehead atoms. The second-order valence-electron chi connectivity index (χ2n) is 7.29. The van der Waals surface area contributed by atoms with Crippen molar-refractivity contribution in [2.45, 2.75) is 32.5 Å². The zero-order valence-corrected chi connectivity index (χ0v) is 16.6. The summed E-state index contributed by atoms with van der Waals surface area (Å²) >= 11 is 0. The predicted octanol–water partition coefficient (Wildman–Crippen LogP) is 2.50. The molecule has 30 heavy (non-hydrogen) atoms. The lowest BCUT2D eigenvalue weighted by molar-refractivity contribution is 0.0937. The maximum Gasteiger partial charge on any atom is 0.253 e. The van der Waals surface area contributed by atoms with Crippen LogP contribution in [0.25, 0.3) is 0 Å². The number of hydrogen-bond donors (Lipinski definition) is 1. The third-order valence-corrected chi connectivity index (χ3v) is 5.25. The van der Waals surface area contributed by atoms with Gasteiger partial charge < -0.3 is 9.88 Å². The number of hydrogen-bond acceptors (Lipinski definition) is 5. The van der Waals surface area contributed by atoms with Gasteiger partial charge in [-0.25, -0.2) is 8.78 Å². The Hall–Kier alpha value is -3.20. The Morgan fingerprint density at radius 1 is 1.13 bits per heavy atom. The van der Waals surface area contributed by atoms with Crippen LogP contribution in [0.5, 0.6) is 0 Å². The van der Waals surface area contributed by atoms with Gasteiger partial charge in [0.1, 0.15) is 17.5 Å². The Bertz CT molecular complexity index is 1020. The Morgan fingerprint density at radius 3 is 2.67 bits per heavy atom. The molecule has 2 aromatic heterocycles. The first kappa shape index (κ1) is 20.1. The molecule has 0 aliphatic carbocycles. The number of fused-ring (bicyclic) bond motifs is 1. The quantitative estimate of drug-likeness (QED) is 0.697. The molecule has 1 aliphatic rings. The van der Waals surface area contributed by atoms with Crippen LogP contribution in [0, 0.1) is 11.6 Å². The van der Waals surface area contributed by atoms with Crippen LogP contribution < -0.4 is 5.32 Å². The molecule has 0 fully saturated rings. The number of pyridine rings is 1. The smallest absolute Gasteiger partial charge is 0.253 e. The van der Waals surface area contributed by atoms with Gasteiger partial charge in [0, 0.05) is 50.6 Å². The van der Waals surface area contributed by atoms with Gasteiger partial charge >= 0.3 is 0 Å². The molecule has 0 saturated carbocycles. The minimum absolute atomic E-state index is 0.0764. The van der Waals surface area contributed by atoms with Crippen LogP contribution in [-0.2, 0) is 19.5 Å². The summed E-state index contributed by atoms with van der Waals surface area (Å²) in [7, 11) is 0. The molecule has 3 aromatic rings. The average Bonchev–Trinajstić information content (AvgIpc) is 3.05. The Balaban J connectivity index is 1.44. The molecule has 0 radical (unpaired) electrons. The van der Waals surface area contributed by atoms with Gasteiger partial charge in [-0.2, -0.15) is 0 Å². The molecule has 1 amide bonds. The molecule has 0 spiro atoms. The first-order valence-electron chi connectivity index (χ1n) is 9.81. The van der Waals surface area contributed by atoms with Gasteiger partial charge in [-0.05, 0) is 31.2 Å². The van der Waals surface area contributed by atoms with Crippen molar-refractivity contribution in [1.29, 1.82) is 0 Å². The van der Waals surface area contributed by atoms with Gasteiger partial charge in [-0.1, -0.05) is 6.07 Å². The van der Waals surface area contributed by atoms with E-state index in [2.05, 4.69) is 20.5 Å². The third-order valence-electron chi connectivity index (χ3n) is 5.25. The zero-order valence-electron chi connectivity index (χ0n) is 16.6. The van der Waals surface area contributed by atoms with Crippen molar-refractivity contribution in [2.24, 2.45) is 0 Å². The van der Waals surface area contributed by atoms with E-state index in [9.17, 15) is 13.6 Å². The standard InChI is InChI=1S/C21H22F2N6O/c1-14(25-21(30)15-4-3-8-24-12-15)20-27-26-19-7-9-28(10-11-29(19)20)13-16-17(22)5-2-6-18(16)23/h2-6,8,12,14H,7,9-11,13H2,1H3,(H,25,30)/t14-/m0/s1. The van der Waals surface area contributed by atoms with E-state index in [1.807, 2.05) is 16.4 Å². The van der Waals surface area contributed by atoms with E-state index in [0.29, 0.717) is 37.4 Å². The second kappa shape index (κ2) is 8.66. The monoisotopic (exact) mass is 412 g/mol. The minimum atomic E-state index is -0.536. The van der Waals surface area contributed by atoms with Crippen LogP contribution >= 0.6 is 0 Å². The Kier molecular flexibility index (Phi) is 5.80. The van der Waals surface area contributed by atoms with Gasteiger partial charge in [0.25, 0.3) is 5.91 Å². The van der Waals surface area contributed by atoms with Crippen molar-refractivity contribution >= 4 is 5.91 Å². The SMILES string of the molecule is C[C@H](NC(=O)c1cccnc1)c1nnc2n1CCN(Cc1c(F)cccc1F)CC2. The maximum absolute atomic E-state index is 14.0. The highest BCUT2D eigenvalue weighted by Gasteiger charge is 2.24. The fraction of sp³-hybridized carbons (Fsp3) is 0.333. The number of benzene rings is 1. The van der Waals surface area contributed by atoms with Gasteiger partial charge in [0.2, 0.25) is 0 Å². The first-order valence-corrected chi connectivity index (χ1v) is 9.81. The van der Waals surface area contributed by atoms with Crippen LogP contribution in [0.1, 0.15) is 40.5 Å². The van der Waals surface area contributed by atoms with Gasteiger partial charge in [0.15, 0.2) is 5.82 Å². The highest BCUT2D eigenvalue weighted by molar-refractivity contribution is 5.93. The molecule has 1 atom stereocenters. The van der Waals surface area contributed by atoms with Crippen molar-refractivity contribution in [1.82, 2.24) is 30.0 Å². The molecular weight excluding hydrogens is 390 g/mol. The van der Waals surface area contributed by atoms with Crippen molar-refractivity contribution < 1.29 is 13.6 Å². The summed E-state index contributed by atoms with van der Waals surface area (Å²) in [6.45, 7) is 3.82. The number of halogens is 2. The number of amides is 1. The molecular formula is C21H22F2N6O. The van der Waals surface area contributed by atoms with E-state index < -0.39 is 11.6 Å². The van der Waals surface area contributed by atoms with Crippen LogP contribution in [-0.4, -0.2) is 43.6 Å². The van der Waals surface area contributed by atoms with Crippen LogP contribution in [0.15, 0.2) is 42.7 Å². The fourth-order valence-electron chi connectivity index (χ4n) is 3.62. The first-order chi connectivity index (χ1) is 14.5. The molecule has 7 nitrogen and oxygen atoms in total. The second-order valence-corrected chi connectivity index (χ2v) is 7.29. The number of carbonyl (C=O) groups excluding carboxylic acids is 1. The summed E-state index contributed by atoms with van der Waals surface area (Å²) < 4.78 is 30.0. The van der Waals surface area contributed by atoms with Crippen molar-refractivity contribution in [3.63, 3.8) is 0 Å². The molecule has 4 rings (SSSR count). The molecule has 0 unspecified atom stereocenters. The predicted molar refractivity (Wildman–Crippen MR) is 105 cm³/mol. The van der Waals surface area contributed by atoms with Gasteiger partial charge in [0.05, 0.1) is 11.6 Å². The lowest BCUT2D eigenvalue weighted by Gasteiger charge is -2.20.